The number of piperidine rings is 1. The quantitative estimate of drug-likeness (QED) is 0.852. The Labute approximate surface area is 148 Å². The Kier molecular flexibility index (Phi) is 2.11. The van der Waals surface area contributed by atoms with Crippen molar-refractivity contribution in [1.29, 1.82) is 0 Å². The van der Waals surface area contributed by atoms with E-state index in [1.165, 1.54) is 36.9 Å². The van der Waals surface area contributed by atoms with Gasteiger partial charge >= 0.3 is 0 Å². The van der Waals surface area contributed by atoms with E-state index in [-0.39, 0.29) is 5.41 Å². The lowest BCUT2D eigenvalue weighted by atomic mass is 9.60. The predicted octanol–water partition coefficient (Wildman–Crippen LogP) is 2.73. The number of hydrogen-bond acceptors (Lipinski definition) is 3. The molecule has 25 heavy (non-hydrogen) atoms. The molecule has 2 spiro atoms. The first-order valence-corrected chi connectivity index (χ1v) is 9.84. The van der Waals surface area contributed by atoms with Crippen LogP contribution in [-0.4, -0.2) is 36.4 Å². The number of allylic oxidation sites excluding steroid dienone is 1. The molecule has 0 radical (unpaired) electrons. The van der Waals surface area contributed by atoms with Crippen LogP contribution in [0.25, 0.3) is 0 Å². The average molecular weight is 333 g/mol. The number of likely N-dealkylation sites (tertiary alicyclic amines) is 1. The van der Waals surface area contributed by atoms with Crippen LogP contribution in [0, 0.1) is 23.2 Å². The van der Waals surface area contributed by atoms with E-state index >= 15 is 0 Å². The predicted molar refractivity (Wildman–Crippen MR) is 93.6 cm³/mol. The van der Waals surface area contributed by atoms with Crippen LogP contribution in [0.5, 0.6) is 5.75 Å². The third-order valence-corrected chi connectivity index (χ3v) is 8.53. The second-order valence-corrected chi connectivity index (χ2v) is 9.39. The second kappa shape index (κ2) is 3.88. The molecular formula is C22H23NO2. The van der Waals surface area contributed by atoms with Crippen LogP contribution in [0.3, 0.4) is 0 Å². The van der Waals surface area contributed by atoms with E-state index in [0.29, 0.717) is 35.5 Å². The molecule has 1 heterocycles. The third-order valence-electron chi connectivity index (χ3n) is 8.53. The van der Waals surface area contributed by atoms with Crippen molar-refractivity contribution in [3.8, 4) is 5.75 Å². The molecule has 6 atom stereocenters. The van der Waals surface area contributed by atoms with Crippen molar-refractivity contribution in [2.75, 3.05) is 13.7 Å². The molecule has 7 rings (SSSR count). The number of benzene rings is 1. The molecule has 3 saturated carbocycles. The summed E-state index contributed by atoms with van der Waals surface area (Å²) in [4.78, 5) is 15.3. The van der Waals surface area contributed by atoms with Crippen molar-refractivity contribution in [1.82, 2.24) is 4.90 Å². The van der Waals surface area contributed by atoms with Gasteiger partial charge in [-0.05, 0) is 60.4 Å². The molecule has 0 N–H and O–H groups in total. The highest BCUT2D eigenvalue weighted by Gasteiger charge is 2.93. The summed E-state index contributed by atoms with van der Waals surface area (Å²) >= 11 is 0. The first-order chi connectivity index (χ1) is 12.2. The van der Waals surface area contributed by atoms with Crippen molar-refractivity contribution in [2.24, 2.45) is 23.2 Å². The fourth-order valence-electron chi connectivity index (χ4n) is 7.74. The Morgan fingerprint density at radius 3 is 2.92 bits per heavy atom. The zero-order valence-corrected chi connectivity index (χ0v) is 14.6. The molecule has 5 aliphatic carbocycles. The van der Waals surface area contributed by atoms with Gasteiger partial charge in [-0.2, -0.15) is 0 Å². The zero-order chi connectivity index (χ0) is 16.6. The molecule has 1 saturated heterocycles. The number of fused-ring (bicyclic) bond motifs is 2. The minimum atomic E-state index is 0.0589. The van der Waals surface area contributed by atoms with Gasteiger partial charge in [0.2, 0.25) is 0 Å². The SMILES string of the molecule is COc1ccc2c(c1)[C@@]13CC(=O)C=CC1[C@@H]1N(CC4CC4)C4C3C41C2. The molecule has 2 bridgehead atoms. The zero-order valence-electron chi connectivity index (χ0n) is 14.6. The molecule has 0 amide bonds. The van der Waals surface area contributed by atoms with Crippen molar-refractivity contribution in [3.05, 3.63) is 41.5 Å². The Bertz CT molecular complexity index is 871. The molecule has 6 aliphatic rings. The molecule has 3 heteroatoms. The number of ketones is 1. The summed E-state index contributed by atoms with van der Waals surface area (Å²) in [6.07, 6.45) is 8.95. The number of ether oxygens (including phenoxy) is 1. The largest absolute Gasteiger partial charge is 0.497 e. The van der Waals surface area contributed by atoms with E-state index in [4.69, 9.17) is 4.74 Å². The first-order valence-electron chi connectivity index (χ1n) is 9.84. The summed E-state index contributed by atoms with van der Waals surface area (Å²) in [6, 6.07) is 8.06. The molecule has 1 aromatic carbocycles. The molecular weight excluding hydrogens is 310 g/mol. The number of hydrogen-bond donors (Lipinski definition) is 0. The average Bonchev–Trinajstić information content (AvgIpc) is 3.51. The summed E-state index contributed by atoms with van der Waals surface area (Å²) in [5, 5.41) is 0. The molecule has 1 aromatic rings. The van der Waals surface area contributed by atoms with Crippen LogP contribution < -0.4 is 4.74 Å². The van der Waals surface area contributed by atoms with Gasteiger partial charge in [0, 0.05) is 41.8 Å². The minimum absolute atomic E-state index is 0.0589. The van der Waals surface area contributed by atoms with Gasteiger partial charge < -0.3 is 4.74 Å². The van der Waals surface area contributed by atoms with Gasteiger partial charge in [0.05, 0.1) is 7.11 Å². The topological polar surface area (TPSA) is 29.5 Å². The smallest absolute Gasteiger partial charge is 0.156 e. The maximum atomic E-state index is 12.5. The summed E-state index contributed by atoms with van der Waals surface area (Å²) < 4.78 is 5.54. The van der Waals surface area contributed by atoms with Gasteiger partial charge in [-0.25, -0.2) is 0 Å². The van der Waals surface area contributed by atoms with Crippen LogP contribution in [0.1, 0.15) is 30.4 Å². The van der Waals surface area contributed by atoms with E-state index in [2.05, 4.69) is 29.2 Å². The van der Waals surface area contributed by atoms with E-state index in [1.807, 2.05) is 6.08 Å². The van der Waals surface area contributed by atoms with Crippen LogP contribution in [0.2, 0.25) is 0 Å². The second-order valence-electron chi connectivity index (χ2n) is 9.39. The third kappa shape index (κ3) is 1.28. The van der Waals surface area contributed by atoms with Gasteiger partial charge in [-0.15, -0.1) is 0 Å². The van der Waals surface area contributed by atoms with Crippen molar-refractivity contribution in [2.45, 2.75) is 43.2 Å². The standard InChI is InChI=1S/C22H23NO2/c1-25-15-6-4-13-9-22-18-20(22)23(11-12-2-3-12)19(22)16-7-5-14(24)10-21(16,18)17(13)8-15/h4-8,12,16,18-20H,2-3,9-11H2,1H3/t16?,18?,19-,20?,21+,22?/m0/s1. The van der Waals surface area contributed by atoms with Crippen LogP contribution >= 0.6 is 0 Å². The highest BCUT2D eigenvalue weighted by Crippen LogP contribution is 2.87. The normalized spacial score (nSPS) is 47.6. The first kappa shape index (κ1) is 13.6. The van der Waals surface area contributed by atoms with Crippen molar-refractivity contribution >= 4 is 5.78 Å². The molecule has 3 nitrogen and oxygen atoms in total. The lowest BCUT2D eigenvalue weighted by Crippen LogP contribution is -2.63. The van der Waals surface area contributed by atoms with Gasteiger partial charge in [-0.3, -0.25) is 9.69 Å². The van der Waals surface area contributed by atoms with Crippen molar-refractivity contribution < 1.29 is 9.53 Å². The number of methoxy groups -OCH3 is 1. The maximum Gasteiger partial charge on any atom is 0.156 e. The van der Waals surface area contributed by atoms with Crippen LogP contribution in [0.15, 0.2) is 30.4 Å². The lowest BCUT2D eigenvalue weighted by Gasteiger charge is -2.54. The van der Waals surface area contributed by atoms with Crippen LogP contribution in [0.4, 0.5) is 0 Å². The number of carbonyl (C=O) groups is 1. The fraction of sp³-hybridized carbons (Fsp3) is 0.591. The van der Waals surface area contributed by atoms with Gasteiger partial charge in [0.25, 0.3) is 0 Å². The van der Waals surface area contributed by atoms with Gasteiger partial charge in [-0.1, -0.05) is 12.1 Å². The fourth-order valence-corrected chi connectivity index (χ4v) is 7.74. The molecule has 128 valence electrons. The van der Waals surface area contributed by atoms with Crippen molar-refractivity contribution in [3.63, 3.8) is 0 Å². The number of rotatable bonds is 3. The Morgan fingerprint density at radius 2 is 2.12 bits per heavy atom. The molecule has 4 fully saturated rings. The molecule has 0 aromatic heterocycles. The highest BCUT2D eigenvalue weighted by atomic mass is 16.5. The van der Waals surface area contributed by atoms with Gasteiger partial charge in [0.1, 0.15) is 5.75 Å². The highest BCUT2D eigenvalue weighted by molar-refractivity contribution is 5.93. The van der Waals surface area contributed by atoms with E-state index in [1.54, 1.807) is 7.11 Å². The Morgan fingerprint density at radius 1 is 1.24 bits per heavy atom. The summed E-state index contributed by atoms with van der Waals surface area (Å²) in [6.45, 7) is 1.31. The van der Waals surface area contributed by atoms with E-state index < -0.39 is 0 Å². The lowest BCUT2D eigenvalue weighted by molar-refractivity contribution is -0.118. The summed E-state index contributed by atoms with van der Waals surface area (Å²) in [5.74, 6) is 3.43. The maximum absolute atomic E-state index is 12.5. The van der Waals surface area contributed by atoms with E-state index in [0.717, 1.165) is 17.7 Å². The minimum Gasteiger partial charge on any atom is -0.497 e. The Balaban J connectivity index is 1.42. The summed E-state index contributed by atoms with van der Waals surface area (Å²) in [7, 11) is 1.75. The van der Waals surface area contributed by atoms with Gasteiger partial charge in [0.15, 0.2) is 5.78 Å². The Hall–Kier alpha value is -1.61. The van der Waals surface area contributed by atoms with E-state index in [9.17, 15) is 4.79 Å². The number of nitrogens with zero attached hydrogens (tertiary/aromatic N) is 1. The van der Waals surface area contributed by atoms with Crippen LogP contribution in [-0.2, 0) is 16.6 Å². The number of carbonyl (C=O) groups excluding carboxylic acids is 1. The summed E-state index contributed by atoms with van der Waals surface area (Å²) in [5.41, 5.74) is 3.46. The molecule has 4 unspecified atom stereocenters. The monoisotopic (exact) mass is 333 g/mol. The molecule has 1 aliphatic heterocycles.